The number of hydrogen-bond donors (Lipinski definition) is 1. The van der Waals surface area contributed by atoms with Crippen molar-refractivity contribution in [3.8, 4) is 22.6 Å². The molecular formula is C24H26FN5O2. The lowest BCUT2D eigenvalue weighted by Crippen LogP contribution is -2.32. The molecule has 7 nitrogen and oxygen atoms in total. The molecule has 0 radical (unpaired) electrons. The summed E-state index contributed by atoms with van der Waals surface area (Å²) in [4.78, 5) is 2.39. The summed E-state index contributed by atoms with van der Waals surface area (Å²) >= 11 is 0. The topological polar surface area (TPSA) is 66.1 Å². The van der Waals surface area contributed by atoms with Crippen molar-refractivity contribution in [2.45, 2.75) is 12.8 Å². The van der Waals surface area contributed by atoms with Crippen molar-refractivity contribution in [1.29, 1.82) is 0 Å². The fourth-order valence-electron chi connectivity index (χ4n) is 4.10. The zero-order valence-corrected chi connectivity index (χ0v) is 17.8. The molecule has 0 saturated carbocycles. The molecular weight excluding hydrogens is 409 g/mol. The van der Waals surface area contributed by atoms with Gasteiger partial charge in [0.2, 0.25) is 0 Å². The highest BCUT2D eigenvalue weighted by atomic mass is 19.1. The molecule has 2 aliphatic rings. The highest BCUT2D eigenvalue weighted by molar-refractivity contribution is 5.86. The van der Waals surface area contributed by atoms with E-state index in [0.29, 0.717) is 37.4 Å². The summed E-state index contributed by atoms with van der Waals surface area (Å²) in [5.41, 5.74) is 3.88. The average molecular weight is 436 g/mol. The van der Waals surface area contributed by atoms with Crippen LogP contribution in [0.3, 0.4) is 0 Å². The molecule has 166 valence electrons. The largest absolute Gasteiger partial charge is 0.504 e. The standard InChI is InChI=1S/C24H26FN5O2/c25-23-14-18(13-19(24(23)31)15-26-29-9-11-32-12-10-29)20-16-27-30(17-20)22-5-3-21(4-6-22)28-7-1-2-8-28/h3-6,13-17,31H,1-2,7-12H2/b26-15+. The van der Waals surface area contributed by atoms with E-state index in [0.717, 1.165) is 24.3 Å². The van der Waals surface area contributed by atoms with Gasteiger partial charge in [-0.2, -0.15) is 10.2 Å². The van der Waals surface area contributed by atoms with Crippen molar-refractivity contribution < 1.29 is 14.2 Å². The van der Waals surface area contributed by atoms with Gasteiger partial charge in [-0.25, -0.2) is 9.07 Å². The van der Waals surface area contributed by atoms with E-state index in [4.69, 9.17) is 4.74 Å². The van der Waals surface area contributed by atoms with Gasteiger partial charge < -0.3 is 14.7 Å². The van der Waals surface area contributed by atoms with Gasteiger partial charge in [0, 0.05) is 36.1 Å². The number of benzene rings is 2. The molecule has 5 rings (SSSR count). The Labute approximate surface area is 186 Å². The number of hydrogen-bond acceptors (Lipinski definition) is 6. The molecule has 3 aromatic rings. The van der Waals surface area contributed by atoms with Gasteiger partial charge >= 0.3 is 0 Å². The summed E-state index contributed by atoms with van der Waals surface area (Å²) in [6.45, 7) is 4.76. The molecule has 8 heteroatoms. The van der Waals surface area contributed by atoms with Crippen LogP contribution in [-0.2, 0) is 4.74 Å². The summed E-state index contributed by atoms with van der Waals surface area (Å²) < 4.78 is 21.5. The van der Waals surface area contributed by atoms with Crippen LogP contribution in [0.1, 0.15) is 18.4 Å². The molecule has 32 heavy (non-hydrogen) atoms. The Morgan fingerprint density at radius 1 is 0.969 bits per heavy atom. The lowest BCUT2D eigenvalue weighted by Gasteiger charge is -2.23. The first kappa shape index (κ1) is 20.5. The smallest absolute Gasteiger partial charge is 0.166 e. The number of anilines is 1. The number of phenolic OH excluding ortho intramolecular Hbond substituents is 1. The van der Waals surface area contributed by atoms with E-state index in [2.05, 4.69) is 27.2 Å². The van der Waals surface area contributed by atoms with Crippen molar-refractivity contribution in [1.82, 2.24) is 14.8 Å². The molecule has 2 aliphatic heterocycles. The van der Waals surface area contributed by atoms with Crippen LogP contribution < -0.4 is 4.90 Å². The average Bonchev–Trinajstić information content (AvgIpc) is 3.54. The van der Waals surface area contributed by atoms with Crippen molar-refractivity contribution in [3.63, 3.8) is 0 Å². The van der Waals surface area contributed by atoms with Crippen molar-refractivity contribution >= 4 is 11.9 Å². The Morgan fingerprint density at radius 2 is 1.69 bits per heavy atom. The molecule has 0 spiro atoms. The lowest BCUT2D eigenvalue weighted by molar-refractivity contribution is 0.0397. The van der Waals surface area contributed by atoms with Gasteiger partial charge in [-0.1, -0.05) is 0 Å². The zero-order valence-electron chi connectivity index (χ0n) is 17.8. The maximum atomic E-state index is 14.4. The Balaban J connectivity index is 1.37. The van der Waals surface area contributed by atoms with Crippen LogP contribution in [-0.4, -0.2) is 65.5 Å². The maximum Gasteiger partial charge on any atom is 0.166 e. The maximum absolute atomic E-state index is 14.4. The number of phenols is 1. The number of ether oxygens (including phenoxy) is 1. The van der Waals surface area contributed by atoms with Crippen molar-refractivity contribution in [2.75, 3.05) is 44.3 Å². The SMILES string of the molecule is Oc1c(F)cc(-c2cnn(-c3ccc(N4CCCC4)cc3)c2)cc1/C=N/N1CCOCC1. The van der Waals surface area contributed by atoms with Gasteiger partial charge in [0.15, 0.2) is 11.6 Å². The number of nitrogens with zero attached hydrogens (tertiary/aromatic N) is 5. The Hall–Kier alpha value is -3.39. The van der Waals surface area contributed by atoms with Crippen LogP contribution in [0, 0.1) is 5.82 Å². The minimum atomic E-state index is -0.686. The quantitative estimate of drug-likeness (QED) is 0.620. The Kier molecular flexibility index (Phi) is 5.77. The third-order valence-electron chi connectivity index (χ3n) is 5.94. The third-order valence-corrected chi connectivity index (χ3v) is 5.94. The van der Waals surface area contributed by atoms with Gasteiger partial charge in [0.25, 0.3) is 0 Å². The van der Waals surface area contributed by atoms with Gasteiger partial charge in [-0.3, -0.25) is 5.01 Å². The van der Waals surface area contributed by atoms with Crippen LogP contribution in [0.4, 0.5) is 10.1 Å². The lowest BCUT2D eigenvalue weighted by atomic mass is 10.1. The summed E-state index contributed by atoms with van der Waals surface area (Å²) in [6.07, 6.45) is 7.54. The molecule has 0 amide bonds. The molecule has 2 fully saturated rings. The normalized spacial score (nSPS) is 16.9. The molecule has 1 aromatic heterocycles. The minimum absolute atomic E-state index is 0.328. The Bertz CT molecular complexity index is 1100. The number of hydrazone groups is 1. The molecule has 2 saturated heterocycles. The van der Waals surface area contributed by atoms with E-state index in [9.17, 15) is 9.50 Å². The Morgan fingerprint density at radius 3 is 2.44 bits per heavy atom. The van der Waals surface area contributed by atoms with E-state index in [-0.39, 0.29) is 0 Å². The molecule has 1 N–H and O–H groups in total. The molecule has 3 heterocycles. The van der Waals surface area contributed by atoms with Gasteiger partial charge in [-0.15, -0.1) is 0 Å². The van der Waals surface area contributed by atoms with Crippen LogP contribution in [0.25, 0.3) is 16.8 Å². The van der Waals surface area contributed by atoms with E-state index < -0.39 is 11.6 Å². The predicted octanol–water partition coefficient (Wildman–Crippen LogP) is 3.65. The summed E-state index contributed by atoms with van der Waals surface area (Å²) in [7, 11) is 0. The number of aromatic hydroxyl groups is 1. The van der Waals surface area contributed by atoms with Crippen LogP contribution in [0.15, 0.2) is 53.9 Å². The highest BCUT2D eigenvalue weighted by Crippen LogP contribution is 2.29. The highest BCUT2D eigenvalue weighted by Gasteiger charge is 2.14. The van der Waals surface area contributed by atoms with Gasteiger partial charge in [0.05, 0.1) is 44.4 Å². The van der Waals surface area contributed by atoms with Crippen LogP contribution >= 0.6 is 0 Å². The fourth-order valence-corrected chi connectivity index (χ4v) is 4.10. The van der Waals surface area contributed by atoms with Gasteiger partial charge in [-0.05, 0) is 54.8 Å². The second kappa shape index (κ2) is 9.00. The summed E-state index contributed by atoms with van der Waals surface area (Å²) in [5, 5.41) is 20.8. The van der Waals surface area contributed by atoms with E-state index >= 15 is 0 Å². The first-order valence-electron chi connectivity index (χ1n) is 11.0. The molecule has 0 atom stereocenters. The predicted molar refractivity (Wildman–Crippen MR) is 122 cm³/mol. The van der Waals surface area contributed by atoms with Crippen LogP contribution in [0.5, 0.6) is 5.75 Å². The fraction of sp³-hybridized carbons (Fsp3) is 0.333. The first-order valence-corrected chi connectivity index (χ1v) is 11.0. The number of morpholine rings is 1. The summed E-state index contributed by atoms with van der Waals surface area (Å²) in [5.74, 6) is -1.09. The second-order valence-corrected chi connectivity index (χ2v) is 8.09. The number of aromatic nitrogens is 2. The summed E-state index contributed by atoms with van der Waals surface area (Å²) in [6, 6.07) is 11.4. The molecule has 2 aromatic carbocycles. The minimum Gasteiger partial charge on any atom is -0.504 e. The first-order chi connectivity index (χ1) is 15.7. The van der Waals surface area contributed by atoms with E-state index in [1.54, 1.807) is 16.9 Å². The third kappa shape index (κ3) is 4.31. The van der Waals surface area contributed by atoms with Crippen molar-refractivity contribution in [3.05, 3.63) is 60.2 Å². The molecule has 0 bridgehead atoms. The monoisotopic (exact) mass is 435 g/mol. The molecule has 0 unspecified atom stereocenters. The van der Waals surface area contributed by atoms with Gasteiger partial charge in [0.1, 0.15) is 0 Å². The number of halogens is 1. The zero-order chi connectivity index (χ0) is 21.9. The number of rotatable bonds is 5. The molecule has 0 aliphatic carbocycles. The van der Waals surface area contributed by atoms with E-state index in [1.807, 2.05) is 23.3 Å². The van der Waals surface area contributed by atoms with Crippen molar-refractivity contribution in [2.24, 2.45) is 5.10 Å². The van der Waals surface area contributed by atoms with Crippen LogP contribution in [0.2, 0.25) is 0 Å². The second-order valence-electron chi connectivity index (χ2n) is 8.09. The van der Waals surface area contributed by atoms with E-state index in [1.165, 1.54) is 30.8 Å².